The number of carbonyl (C=O) groups is 1. The first-order valence-electron chi connectivity index (χ1n) is 7.64. The fourth-order valence-corrected chi connectivity index (χ4v) is 2.59. The Balaban J connectivity index is 0.00000208. The fourth-order valence-electron chi connectivity index (χ4n) is 2.59. The molecule has 24 heavy (non-hydrogen) atoms. The highest BCUT2D eigenvalue weighted by molar-refractivity contribution is 5.94. The molecule has 1 amide bonds. The average molecular weight is 351 g/mol. The molecule has 0 aliphatic carbocycles. The second-order valence-corrected chi connectivity index (χ2v) is 5.58. The summed E-state index contributed by atoms with van der Waals surface area (Å²) in [5.74, 6) is 0.272. The Morgan fingerprint density at radius 2 is 2.00 bits per heavy atom. The maximum atomic E-state index is 12.8. The van der Waals surface area contributed by atoms with Gasteiger partial charge in [0, 0.05) is 24.8 Å². The van der Waals surface area contributed by atoms with E-state index in [1.54, 1.807) is 24.1 Å². The molecule has 0 spiro atoms. The second kappa shape index (κ2) is 8.02. The molecular weight excluding hydrogens is 331 g/mol. The van der Waals surface area contributed by atoms with E-state index in [9.17, 15) is 9.18 Å². The summed E-state index contributed by atoms with van der Waals surface area (Å²) in [5, 5.41) is 3.28. The lowest BCUT2D eigenvalue weighted by Gasteiger charge is -2.18. The molecular formula is C18H20ClFN2O2. The SMILES string of the molecule is CN(CCOc1ccc(F)cc1)C(=O)c1ccc2c(c1)CCN2.Cl. The largest absolute Gasteiger partial charge is 0.492 e. The number of likely N-dealkylation sites (N-methyl/N-ethyl adjacent to an activating group) is 1. The molecule has 0 aromatic heterocycles. The van der Waals surface area contributed by atoms with Gasteiger partial charge in [-0.25, -0.2) is 4.39 Å². The van der Waals surface area contributed by atoms with Crippen LogP contribution < -0.4 is 10.1 Å². The number of rotatable bonds is 5. The summed E-state index contributed by atoms with van der Waals surface area (Å²) in [4.78, 5) is 14.1. The summed E-state index contributed by atoms with van der Waals surface area (Å²) < 4.78 is 18.3. The predicted molar refractivity (Wildman–Crippen MR) is 94.7 cm³/mol. The van der Waals surface area contributed by atoms with Crippen LogP contribution in [0.15, 0.2) is 42.5 Å². The number of hydrogen-bond acceptors (Lipinski definition) is 3. The number of benzene rings is 2. The first kappa shape index (κ1) is 18.1. The molecule has 0 saturated heterocycles. The Morgan fingerprint density at radius 3 is 2.75 bits per heavy atom. The maximum absolute atomic E-state index is 12.8. The highest BCUT2D eigenvalue weighted by atomic mass is 35.5. The van der Waals surface area contributed by atoms with E-state index in [1.165, 1.54) is 17.7 Å². The molecule has 3 rings (SSSR count). The quantitative estimate of drug-likeness (QED) is 0.899. The number of hydrogen-bond donors (Lipinski definition) is 1. The van der Waals surface area contributed by atoms with E-state index in [-0.39, 0.29) is 24.1 Å². The minimum absolute atomic E-state index is 0. The summed E-state index contributed by atoms with van der Waals surface area (Å²) in [6, 6.07) is 11.6. The molecule has 0 radical (unpaired) electrons. The van der Waals surface area contributed by atoms with Crippen molar-refractivity contribution in [2.45, 2.75) is 6.42 Å². The van der Waals surface area contributed by atoms with Crippen molar-refractivity contribution < 1.29 is 13.9 Å². The minimum Gasteiger partial charge on any atom is -0.492 e. The Morgan fingerprint density at radius 1 is 1.25 bits per heavy atom. The van der Waals surface area contributed by atoms with Gasteiger partial charge in [0.05, 0.1) is 6.54 Å². The number of anilines is 1. The molecule has 6 heteroatoms. The van der Waals surface area contributed by atoms with Crippen LogP contribution in [0.5, 0.6) is 5.75 Å². The first-order valence-corrected chi connectivity index (χ1v) is 7.64. The van der Waals surface area contributed by atoms with Crippen LogP contribution in [0.3, 0.4) is 0 Å². The lowest BCUT2D eigenvalue weighted by Crippen LogP contribution is -2.30. The number of nitrogens with zero attached hydrogens (tertiary/aromatic N) is 1. The zero-order valence-electron chi connectivity index (χ0n) is 13.4. The third kappa shape index (κ3) is 4.17. The summed E-state index contributed by atoms with van der Waals surface area (Å²) in [5.41, 5.74) is 2.99. The Hall–Kier alpha value is -2.27. The lowest BCUT2D eigenvalue weighted by molar-refractivity contribution is 0.0773. The van der Waals surface area contributed by atoms with E-state index in [4.69, 9.17) is 4.74 Å². The fraction of sp³-hybridized carbons (Fsp3) is 0.278. The number of nitrogens with one attached hydrogen (secondary N) is 1. The molecule has 0 bridgehead atoms. The highest BCUT2D eigenvalue weighted by Crippen LogP contribution is 2.23. The summed E-state index contributed by atoms with van der Waals surface area (Å²) >= 11 is 0. The third-order valence-corrected chi connectivity index (χ3v) is 3.92. The summed E-state index contributed by atoms with van der Waals surface area (Å²) in [6.07, 6.45) is 0.952. The van der Waals surface area contributed by atoms with Gasteiger partial charge in [-0.05, 0) is 54.4 Å². The van der Waals surface area contributed by atoms with Gasteiger partial charge in [0.15, 0.2) is 0 Å². The zero-order chi connectivity index (χ0) is 16.2. The van der Waals surface area contributed by atoms with Crippen molar-refractivity contribution in [3.05, 3.63) is 59.4 Å². The third-order valence-electron chi connectivity index (χ3n) is 3.92. The Labute approximate surface area is 147 Å². The normalized spacial score (nSPS) is 11.9. The summed E-state index contributed by atoms with van der Waals surface area (Å²) in [6.45, 7) is 1.75. The van der Waals surface area contributed by atoms with Crippen molar-refractivity contribution >= 4 is 24.0 Å². The molecule has 2 aromatic rings. The van der Waals surface area contributed by atoms with Crippen molar-refractivity contribution in [1.29, 1.82) is 0 Å². The minimum atomic E-state index is -0.296. The van der Waals surface area contributed by atoms with Crippen molar-refractivity contribution in [2.75, 3.05) is 32.1 Å². The smallest absolute Gasteiger partial charge is 0.253 e. The van der Waals surface area contributed by atoms with E-state index < -0.39 is 0 Å². The van der Waals surface area contributed by atoms with Crippen molar-refractivity contribution in [3.63, 3.8) is 0 Å². The van der Waals surface area contributed by atoms with E-state index in [1.807, 2.05) is 18.2 Å². The maximum Gasteiger partial charge on any atom is 0.253 e. The number of amides is 1. The van der Waals surface area contributed by atoms with Crippen LogP contribution in [0.4, 0.5) is 10.1 Å². The van der Waals surface area contributed by atoms with Crippen LogP contribution in [-0.4, -0.2) is 37.6 Å². The van der Waals surface area contributed by atoms with Crippen LogP contribution in [0.25, 0.3) is 0 Å². The molecule has 128 valence electrons. The van der Waals surface area contributed by atoms with E-state index in [0.29, 0.717) is 24.5 Å². The predicted octanol–water partition coefficient (Wildman–Crippen LogP) is 3.37. The van der Waals surface area contributed by atoms with Gasteiger partial charge in [0.1, 0.15) is 18.2 Å². The van der Waals surface area contributed by atoms with Gasteiger partial charge < -0.3 is 15.0 Å². The van der Waals surface area contributed by atoms with Crippen LogP contribution >= 0.6 is 12.4 Å². The molecule has 0 atom stereocenters. The topological polar surface area (TPSA) is 41.6 Å². The van der Waals surface area contributed by atoms with Gasteiger partial charge in [-0.3, -0.25) is 4.79 Å². The van der Waals surface area contributed by atoms with Gasteiger partial charge in [0.25, 0.3) is 5.91 Å². The van der Waals surface area contributed by atoms with Crippen LogP contribution in [-0.2, 0) is 6.42 Å². The number of carbonyl (C=O) groups excluding carboxylic acids is 1. The van der Waals surface area contributed by atoms with Gasteiger partial charge in [-0.2, -0.15) is 0 Å². The van der Waals surface area contributed by atoms with Crippen LogP contribution in [0.1, 0.15) is 15.9 Å². The number of halogens is 2. The van der Waals surface area contributed by atoms with Gasteiger partial charge >= 0.3 is 0 Å². The Kier molecular flexibility index (Phi) is 6.04. The van der Waals surface area contributed by atoms with Crippen LogP contribution in [0.2, 0.25) is 0 Å². The first-order chi connectivity index (χ1) is 11.1. The van der Waals surface area contributed by atoms with E-state index >= 15 is 0 Å². The Bertz CT molecular complexity index is 707. The number of ether oxygens (including phenoxy) is 1. The standard InChI is InChI=1S/C18H19FN2O2.ClH/c1-21(10-11-23-16-5-3-15(19)4-6-16)18(22)14-2-7-17-13(12-14)8-9-20-17;/h2-7,12,20H,8-11H2,1H3;1H. The lowest BCUT2D eigenvalue weighted by atomic mass is 10.1. The molecule has 2 aromatic carbocycles. The zero-order valence-corrected chi connectivity index (χ0v) is 14.2. The van der Waals surface area contributed by atoms with Gasteiger partial charge in [-0.1, -0.05) is 0 Å². The van der Waals surface area contributed by atoms with Crippen molar-refractivity contribution in [1.82, 2.24) is 4.90 Å². The molecule has 0 saturated carbocycles. The number of fused-ring (bicyclic) bond motifs is 1. The van der Waals surface area contributed by atoms with E-state index in [2.05, 4.69) is 5.32 Å². The molecule has 4 nitrogen and oxygen atoms in total. The molecule has 1 N–H and O–H groups in total. The molecule has 0 fully saturated rings. The summed E-state index contributed by atoms with van der Waals surface area (Å²) in [7, 11) is 1.75. The van der Waals surface area contributed by atoms with Crippen molar-refractivity contribution in [3.8, 4) is 5.75 Å². The molecule has 1 aliphatic heterocycles. The molecule has 1 aliphatic rings. The van der Waals surface area contributed by atoms with E-state index in [0.717, 1.165) is 18.7 Å². The van der Waals surface area contributed by atoms with Gasteiger partial charge in [-0.15, -0.1) is 12.4 Å². The highest BCUT2D eigenvalue weighted by Gasteiger charge is 2.16. The molecule has 0 unspecified atom stereocenters. The van der Waals surface area contributed by atoms with Crippen molar-refractivity contribution in [2.24, 2.45) is 0 Å². The van der Waals surface area contributed by atoms with Crippen LogP contribution in [0, 0.1) is 5.82 Å². The molecule has 1 heterocycles. The second-order valence-electron chi connectivity index (χ2n) is 5.58. The monoisotopic (exact) mass is 350 g/mol. The average Bonchev–Trinajstić information content (AvgIpc) is 3.03. The van der Waals surface area contributed by atoms with Gasteiger partial charge in [0.2, 0.25) is 0 Å².